The fourth-order valence-electron chi connectivity index (χ4n) is 2.73. The minimum absolute atomic E-state index is 0.0589. The lowest BCUT2D eigenvalue weighted by Crippen LogP contribution is -2.14. The van der Waals surface area contributed by atoms with Crippen LogP contribution in [0.3, 0.4) is 0 Å². The van der Waals surface area contributed by atoms with Gasteiger partial charge < -0.3 is 10.1 Å². The van der Waals surface area contributed by atoms with Gasteiger partial charge in [0.15, 0.2) is 5.75 Å². The number of nitrogens with one attached hydrogen (secondary N) is 1. The summed E-state index contributed by atoms with van der Waals surface area (Å²) in [5, 5.41) is 2.23. The molecule has 1 N–H and O–H groups in total. The van der Waals surface area contributed by atoms with Crippen LogP contribution in [0, 0.1) is 0 Å². The number of rotatable bonds is 9. The maximum atomic E-state index is 13.0. The number of carbonyl (C=O) groups is 1. The molecule has 1 amide bonds. The summed E-state index contributed by atoms with van der Waals surface area (Å²) in [4.78, 5) is 12.5. The van der Waals surface area contributed by atoms with E-state index in [1.807, 2.05) is 0 Å². The smallest absolute Gasteiger partial charge is 0.417 e. The third-order valence-electron chi connectivity index (χ3n) is 4.28. The molecule has 0 aliphatic rings. The van der Waals surface area contributed by atoms with Gasteiger partial charge in [0.2, 0.25) is 0 Å². The van der Waals surface area contributed by atoms with Gasteiger partial charge in [0.1, 0.15) is 0 Å². The molecule has 0 bridgehead atoms. The second-order valence-corrected chi connectivity index (χ2v) is 7.90. The summed E-state index contributed by atoms with van der Waals surface area (Å²) in [6.07, 6.45) is 0.692. The summed E-state index contributed by atoms with van der Waals surface area (Å²) < 4.78 is 44.6. The summed E-state index contributed by atoms with van der Waals surface area (Å²) in [5.41, 5.74) is -1.01. The zero-order valence-electron chi connectivity index (χ0n) is 16.2. The Labute approximate surface area is 188 Å². The van der Waals surface area contributed by atoms with Crippen LogP contribution in [0.25, 0.3) is 0 Å². The predicted octanol–water partition coefficient (Wildman–Crippen LogP) is 8.27. The van der Waals surface area contributed by atoms with Gasteiger partial charge in [-0.05, 0) is 36.8 Å². The number of ether oxygens (including phenoxy) is 1. The van der Waals surface area contributed by atoms with Crippen LogP contribution in [-0.4, -0.2) is 12.5 Å². The van der Waals surface area contributed by atoms with Crippen LogP contribution in [0.4, 0.5) is 18.9 Å². The molecule has 0 heterocycles. The molecular weight excluding hydrogens is 462 g/mol. The van der Waals surface area contributed by atoms with E-state index in [2.05, 4.69) is 12.2 Å². The summed E-state index contributed by atoms with van der Waals surface area (Å²) in [6.45, 7) is 2.58. The van der Waals surface area contributed by atoms with Crippen LogP contribution in [-0.2, 0) is 6.18 Å². The SMILES string of the molecule is CCCCCCCOc1c(Cl)cc(C(=O)Nc2ccc(Cl)c(C(F)(F)F)c2)cc1Cl. The van der Waals surface area contributed by atoms with E-state index in [9.17, 15) is 18.0 Å². The lowest BCUT2D eigenvalue weighted by molar-refractivity contribution is -0.137. The van der Waals surface area contributed by atoms with Crippen molar-refractivity contribution < 1.29 is 22.7 Å². The fourth-order valence-corrected chi connectivity index (χ4v) is 3.55. The molecule has 0 saturated heterocycles. The lowest BCUT2D eigenvalue weighted by atomic mass is 10.1. The van der Waals surface area contributed by atoms with Crippen LogP contribution in [0.15, 0.2) is 30.3 Å². The molecule has 0 spiro atoms. The van der Waals surface area contributed by atoms with Gasteiger partial charge in [-0.15, -0.1) is 0 Å². The normalized spacial score (nSPS) is 11.4. The van der Waals surface area contributed by atoms with Gasteiger partial charge in [-0.1, -0.05) is 67.4 Å². The van der Waals surface area contributed by atoms with Crippen molar-refractivity contribution >= 4 is 46.4 Å². The first-order valence-electron chi connectivity index (χ1n) is 9.43. The maximum Gasteiger partial charge on any atom is 0.417 e. The van der Waals surface area contributed by atoms with Crippen molar-refractivity contribution in [3.63, 3.8) is 0 Å². The molecule has 9 heteroatoms. The van der Waals surface area contributed by atoms with Gasteiger partial charge in [0, 0.05) is 11.3 Å². The predicted molar refractivity (Wildman–Crippen MR) is 115 cm³/mol. The minimum Gasteiger partial charge on any atom is -0.490 e. The molecule has 0 radical (unpaired) electrons. The molecule has 164 valence electrons. The quantitative estimate of drug-likeness (QED) is 0.365. The average molecular weight is 483 g/mol. The van der Waals surface area contributed by atoms with Crippen LogP contribution in [0.2, 0.25) is 15.1 Å². The van der Waals surface area contributed by atoms with Crippen molar-refractivity contribution in [2.45, 2.75) is 45.2 Å². The number of hydrogen-bond donors (Lipinski definition) is 1. The highest BCUT2D eigenvalue weighted by atomic mass is 35.5. The van der Waals surface area contributed by atoms with Gasteiger partial charge in [-0.2, -0.15) is 13.2 Å². The molecule has 0 aromatic heterocycles. The molecule has 0 aliphatic carbocycles. The second kappa shape index (κ2) is 11.1. The molecular formula is C21H21Cl3F3NO2. The Bertz CT molecular complexity index is 865. The van der Waals surface area contributed by atoms with Gasteiger partial charge in [0.25, 0.3) is 5.91 Å². The summed E-state index contributed by atoms with van der Waals surface area (Å²) in [5.74, 6) is -0.392. The van der Waals surface area contributed by atoms with Gasteiger partial charge >= 0.3 is 6.18 Å². The Balaban J connectivity index is 2.07. The molecule has 2 rings (SSSR count). The van der Waals surface area contributed by atoms with Gasteiger partial charge in [-0.3, -0.25) is 4.79 Å². The molecule has 0 aliphatic heterocycles. The van der Waals surface area contributed by atoms with Crippen LogP contribution in [0.5, 0.6) is 5.75 Å². The molecule has 30 heavy (non-hydrogen) atoms. The van der Waals surface area contributed by atoms with E-state index in [4.69, 9.17) is 39.5 Å². The largest absolute Gasteiger partial charge is 0.490 e. The Morgan fingerprint density at radius 3 is 2.20 bits per heavy atom. The number of alkyl halides is 3. The molecule has 0 saturated carbocycles. The summed E-state index contributed by atoms with van der Waals surface area (Å²) in [7, 11) is 0. The van der Waals surface area contributed by atoms with Crippen molar-refractivity contribution in [3.05, 3.63) is 56.5 Å². The molecule has 2 aromatic carbocycles. The number of halogens is 6. The summed E-state index contributed by atoms with van der Waals surface area (Å²) in [6, 6.07) is 5.82. The van der Waals surface area contributed by atoms with Crippen molar-refractivity contribution in [2.75, 3.05) is 11.9 Å². The number of benzene rings is 2. The molecule has 2 aromatic rings. The second-order valence-electron chi connectivity index (χ2n) is 6.68. The number of amides is 1. The Hall–Kier alpha value is -1.63. The summed E-state index contributed by atoms with van der Waals surface area (Å²) >= 11 is 18.0. The maximum absolute atomic E-state index is 13.0. The Morgan fingerprint density at radius 2 is 1.60 bits per heavy atom. The van der Waals surface area contributed by atoms with E-state index in [1.165, 1.54) is 24.6 Å². The minimum atomic E-state index is -4.64. The van der Waals surface area contributed by atoms with Gasteiger partial charge in [-0.25, -0.2) is 0 Å². The fraction of sp³-hybridized carbons (Fsp3) is 0.381. The lowest BCUT2D eigenvalue weighted by Gasteiger charge is -2.13. The van der Waals surface area contributed by atoms with Crippen LogP contribution < -0.4 is 10.1 Å². The third-order valence-corrected chi connectivity index (χ3v) is 5.18. The zero-order chi connectivity index (χ0) is 22.3. The number of unbranched alkanes of at least 4 members (excludes halogenated alkanes) is 4. The zero-order valence-corrected chi connectivity index (χ0v) is 18.5. The van der Waals surface area contributed by atoms with Crippen molar-refractivity contribution in [2.24, 2.45) is 0 Å². The highest BCUT2D eigenvalue weighted by Gasteiger charge is 2.33. The van der Waals surface area contributed by atoms with Crippen molar-refractivity contribution in [1.82, 2.24) is 0 Å². The Morgan fingerprint density at radius 1 is 0.967 bits per heavy atom. The topological polar surface area (TPSA) is 38.3 Å². The Kier molecular flexibility index (Phi) is 9.13. The standard InChI is InChI=1S/C21H21Cl3F3NO2/c1-2-3-4-5-6-9-30-19-17(23)10-13(11-18(19)24)20(29)28-14-7-8-16(22)15(12-14)21(25,26)27/h7-8,10-12H,2-6,9H2,1H3,(H,28,29). The van der Waals surface area contributed by atoms with E-state index in [0.29, 0.717) is 6.61 Å². The molecule has 0 atom stereocenters. The van der Waals surface area contributed by atoms with E-state index < -0.39 is 22.7 Å². The molecule has 0 unspecified atom stereocenters. The highest BCUT2D eigenvalue weighted by Crippen LogP contribution is 2.37. The average Bonchev–Trinajstić information content (AvgIpc) is 2.66. The third kappa shape index (κ3) is 6.96. The first kappa shape index (κ1) is 24.6. The molecule has 3 nitrogen and oxygen atoms in total. The van der Waals surface area contributed by atoms with Crippen molar-refractivity contribution in [3.8, 4) is 5.75 Å². The van der Waals surface area contributed by atoms with Crippen LogP contribution >= 0.6 is 34.8 Å². The first-order chi connectivity index (χ1) is 14.1. The highest BCUT2D eigenvalue weighted by molar-refractivity contribution is 6.37. The van der Waals surface area contributed by atoms with E-state index in [0.717, 1.165) is 37.8 Å². The van der Waals surface area contributed by atoms with Crippen LogP contribution in [0.1, 0.15) is 54.9 Å². The number of anilines is 1. The van der Waals surface area contributed by atoms with E-state index in [-0.39, 0.29) is 27.0 Å². The number of carbonyl (C=O) groups excluding carboxylic acids is 1. The first-order valence-corrected chi connectivity index (χ1v) is 10.6. The molecule has 0 fully saturated rings. The van der Waals surface area contributed by atoms with E-state index in [1.54, 1.807) is 0 Å². The monoisotopic (exact) mass is 481 g/mol. The van der Waals surface area contributed by atoms with E-state index >= 15 is 0 Å². The van der Waals surface area contributed by atoms with Crippen molar-refractivity contribution in [1.29, 1.82) is 0 Å². The van der Waals surface area contributed by atoms with Gasteiger partial charge in [0.05, 0.1) is 27.2 Å². The number of hydrogen-bond acceptors (Lipinski definition) is 2.